The van der Waals surface area contributed by atoms with E-state index >= 15 is 0 Å². The molecule has 0 aromatic heterocycles. The van der Waals surface area contributed by atoms with Crippen LogP contribution in [0.1, 0.15) is 60.0 Å². The molecular weight excluding hydrogens is 558 g/mol. The zero-order valence-corrected chi connectivity index (χ0v) is 24.3. The van der Waals surface area contributed by atoms with Crippen LogP contribution in [-0.2, 0) is 16.0 Å². The van der Waals surface area contributed by atoms with Crippen molar-refractivity contribution in [2.75, 3.05) is 19.4 Å². The molecule has 220 valence electrons. The predicted molar refractivity (Wildman–Crippen MR) is 161 cm³/mol. The van der Waals surface area contributed by atoms with Gasteiger partial charge in [-0.1, -0.05) is 47.9 Å². The lowest BCUT2D eigenvalue weighted by atomic mass is 9.90. The van der Waals surface area contributed by atoms with Crippen molar-refractivity contribution in [1.29, 1.82) is 0 Å². The van der Waals surface area contributed by atoms with Crippen LogP contribution in [0.2, 0.25) is 5.02 Å². The number of carboxylic acids is 1. The predicted octanol–water partition coefficient (Wildman–Crippen LogP) is 5.96. The van der Waals surface area contributed by atoms with Gasteiger partial charge in [0, 0.05) is 23.0 Å². The molecule has 0 saturated carbocycles. The molecule has 1 unspecified atom stereocenters. The molecule has 0 bridgehead atoms. The van der Waals surface area contributed by atoms with Gasteiger partial charge in [-0.05, 0) is 85.2 Å². The first-order chi connectivity index (χ1) is 20.2. The maximum Gasteiger partial charge on any atom is 0.337 e. The van der Waals surface area contributed by atoms with Gasteiger partial charge in [-0.3, -0.25) is 14.5 Å². The number of nitrogens with two attached hydrogens (primary N) is 1. The topological polar surface area (TPSA) is 132 Å². The molecule has 3 aromatic carbocycles. The number of rotatable bonds is 10. The number of likely N-dealkylation sites (tertiary alicyclic amines) is 1. The van der Waals surface area contributed by atoms with Gasteiger partial charge in [0.15, 0.2) is 5.75 Å². The Morgan fingerprint density at radius 3 is 2.57 bits per heavy atom. The normalized spacial score (nSPS) is 17.0. The Balaban J connectivity index is 1.61. The fourth-order valence-electron chi connectivity index (χ4n) is 5.12. The Hall–Kier alpha value is -4.37. The van der Waals surface area contributed by atoms with E-state index < -0.39 is 11.9 Å². The van der Waals surface area contributed by atoms with E-state index in [1.165, 1.54) is 11.0 Å². The van der Waals surface area contributed by atoms with Gasteiger partial charge in [-0.25, -0.2) is 4.79 Å². The maximum absolute atomic E-state index is 13.9. The van der Waals surface area contributed by atoms with Crippen LogP contribution in [0.3, 0.4) is 0 Å². The molecule has 0 aliphatic carbocycles. The third-order valence-electron chi connectivity index (χ3n) is 7.46. The van der Waals surface area contributed by atoms with Crippen molar-refractivity contribution in [3.63, 3.8) is 0 Å². The van der Waals surface area contributed by atoms with E-state index in [9.17, 15) is 19.5 Å². The molecule has 9 nitrogen and oxygen atoms in total. The zero-order valence-electron chi connectivity index (χ0n) is 23.6. The highest BCUT2D eigenvalue weighted by Gasteiger charge is 2.35. The summed E-state index contributed by atoms with van der Waals surface area (Å²) in [5.41, 5.74) is 8.18. The minimum Gasteiger partial charge on any atom is -0.496 e. The summed E-state index contributed by atoms with van der Waals surface area (Å²) in [4.78, 5) is 46.0. The second-order valence-corrected chi connectivity index (χ2v) is 10.7. The van der Waals surface area contributed by atoms with E-state index in [1.54, 1.807) is 49.6 Å². The summed E-state index contributed by atoms with van der Waals surface area (Å²) in [5, 5.41) is 14.2. The van der Waals surface area contributed by atoms with Crippen LogP contribution in [0.15, 0.2) is 71.9 Å². The Bertz CT molecular complexity index is 1480. The van der Waals surface area contributed by atoms with Crippen molar-refractivity contribution in [3.8, 4) is 11.5 Å². The maximum atomic E-state index is 13.9. The standard InChI is InChI=1S/C32H34ClN3O6/c1-3-20(21-10-13-27(32(39)40)28(34)17-21)18-30(37)36-19-25(35-42-26-7-5-4-6-8-26)12-9-22(31(36)38)15-23-16-24(33)11-14-29(23)41-2/h4-8,10-11,13-14,16-17,20,22H,3,9,12,15,18-19,34H2,1-2H3,(H,39,40)/b35-25+/t20-,22?/m0/s1. The number of nitrogen functional groups attached to an aromatic ring is 1. The van der Waals surface area contributed by atoms with Gasteiger partial charge in [0.25, 0.3) is 0 Å². The van der Waals surface area contributed by atoms with E-state index in [0.29, 0.717) is 47.9 Å². The average molecular weight is 592 g/mol. The number of nitrogens with zero attached hydrogens (tertiary/aromatic N) is 2. The second kappa shape index (κ2) is 14.0. The van der Waals surface area contributed by atoms with Gasteiger partial charge in [-0.15, -0.1) is 0 Å². The number of imide groups is 1. The molecule has 2 amide bonds. The fraction of sp³-hybridized carbons (Fsp3) is 0.312. The molecule has 3 aromatic rings. The van der Waals surface area contributed by atoms with Gasteiger partial charge < -0.3 is 20.4 Å². The lowest BCUT2D eigenvalue weighted by Gasteiger charge is -2.25. The van der Waals surface area contributed by atoms with Gasteiger partial charge in [0.05, 0.1) is 24.9 Å². The van der Waals surface area contributed by atoms with Crippen molar-refractivity contribution < 1.29 is 29.1 Å². The number of aromatic carboxylic acids is 1. The highest BCUT2D eigenvalue weighted by molar-refractivity contribution is 6.30. The number of ether oxygens (including phenoxy) is 1. The fourth-order valence-corrected chi connectivity index (χ4v) is 5.31. The number of carboxylic acid groups (broad SMARTS) is 1. The molecular formula is C32H34ClN3O6. The molecule has 42 heavy (non-hydrogen) atoms. The number of methoxy groups -OCH3 is 1. The number of para-hydroxylation sites is 1. The molecule has 2 atom stereocenters. The van der Waals surface area contributed by atoms with Gasteiger partial charge >= 0.3 is 5.97 Å². The summed E-state index contributed by atoms with van der Waals surface area (Å²) in [7, 11) is 1.56. The molecule has 1 aliphatic heterocycles. The van der Waals surface area contributed by atoms with Crippen LogP contribution in [0, 0.1) is 5.92 Å². The largest absolute Gasteiger partial charge is 0.496 e. The molecule has 1 heterocycles. The van der Waals surface area contributed by atoms with Crippen LogP contribution in [0.5, 0.6) is 11.5 Å². The quantitative estimate of drug-likeness (QED) is 0.220. The average Bonchev–Trinajstić information content (AvgIpc) is 3.13. The Morgan fingerprint density at radius 1 is 1.14 bits per heavy atom. The van der Waals surface area contributed by atoms with Crippen molar-refractivity contribution >= 4 is 40.8 Å². The molecule has 4 rings (SSSR count). The highest BCUT2D eigenvalue weighted by atomic mass is 35.5. The summed E-state index contributed by atoms with van der Waals surface area (Å²) in [6.45, 7) is 1.93. The number of oxime groups is 1. The molecule has 1 fully saturated rings. The first kappa shape index (κ1) is 30.6. The minimum absolute atomic E-state index is 0.00109. The third kappa shape index (κ3) is 7.47. The number of anilines is 1. The zero-order chi connectivity index (χ0) is 30.2. The highest BCUT2D eigenvalue weighted by Crippen LogP contribution is 2.31. The van der Waals surface area contributed by atoms with Crippen molar-refractivity contribution in [2.24, 2.45) is 11.1 Å². The number of halogens is 1. The lowest BCUT2D eigenvalue weighted by molar-refractivity contribution is -0.146. The number of benzene rings is 3. The first-order valence-corrected chi connectivity index (χ1v) is 14.1. The van der Waals surface area contributed by atoms with E-state index in [2.05, 4.69) is 5.16 Å². The minimum atomic E-state index is -1.12. The molecule has 3 N–H and O–H groups in total. The van der Waals surface area contributed by atoms with Crippen molar-refractivity contribution in [1.82, 2.24) is 4.90 Å². The van der Waals surface area contributed by atoms with Gasteiger partial charge in [0.1, 0.15) is 5.75 Å². The molecule has 0 spiro atoms. The molecule has 0 radical (unpaired) electrons. The van der Waals surface area contributed by atoms with Crippen molar-refractivity contribution in [2.45, 2.75) is 44.9 Å². The van der Waals surface area contributed by atoms with Crippen LogP contribution in [0.25, 0.3) is 0 Å². The lowest BCUT2D eigenvalue weighted by Crippen LogP contribution is -2.42. The summed E-state index contributed by atoms with van der Waals surface area (Å²) in [6, 6.07) is 19.0. The number of carbonyl (C=O) groups excluding carboxylic acids is 2. The number of carbonyl (C=O) groups is 3. The Labute approximate surface area is 249 Å². The van der Waals surface area contributed by atoms with E-state index in [0.717, 1.165) is 11.1 Å². The SMILES string of the molecule is CC[C@@H](CC(=O)N1C/C(=N/Oc2ccccc2)CCC(Cc2cc(Cl)ccc2OC)C1=O)c1ccc(C(=O)O)c(N)c1. The number of amides is 2. The summed E-state index contributed by atoms with van der Waals surface area (Å²) < 4.78 is 5.50. The second-order valence-electron chi connectivity index (χ2n) is 10.2. The van der Waals surface area contributed by atoms with Crippen molar-refractivity contribution in [3.05, 3.63) is 88.4 Å². The third-order valence-corrected chi connectivity index (χ3v) is 7.70. The summed E-state index contributed by atoms with van der Waals surface area (Å²) in [5.74, 6) is -1.41. The first-order valence-electron chi connectivity index (χ1n) is 13.8. The molecule has 10 heteroatoms. The molecule has 1 saturated heterocycles. The van der Waals surface area contributed by atoms with Crippen LogP contribution in [-0.4, -0.2) is 47.2 Å². The summed E-state index contributed by atoms with van der Waals surface area (Å²) in [6.07, 6.45) is 1.87. The monoisotopic (exact) mass is 591 g/mol. The van der Waals surface area contributed by atoms with Crippen LogP contribution >= 0.6 is 11.6 Å². The number of hydrogen-bond acceptors (Lipinski definition) is 7. The van der Waals surface area contributed by atoms with Gasteiger partial charge in [-0.2, -0.15) is 0 Å². The van der Waals surface area contributed by atoms with E-state index in [-0.39, 0.29) is 41.9 Å². The van der Waals surface area contributed by atoms with Gasteiger partial charge in [0.2, 0.25) is 11.8 Å². The smallest absolute Gasteiger partial charge is 0.337 e. The Kier molecular flexibility index (Phi) is 10.2. The van der Waals surface area contributed by atoms with Crippen LogP contribution in [0.4, 0.5) is 5.69 Å². The molecule has 1 aliphatic rings. The number of hydrogen-bond donors (Lipinski definition) is 2. The van der Waals surface area contributed by atoms with E-state index in [1.807, 2.05) is 25.1 Å². The van der Waals surface area contributed by atoms with E-state index in [4.69, 9.17) is 26.9 Å². The Morgan fingerprint density at radius 2 is 1.90 bits per heavy atom. The summed E-state index contributed by atoms with van der Waals surface area (Å²) >= 11 is 6.25. The van der Waals surface area contributed by atoms with Crippen LogP contribution < -0.4 is 15.3 Å².